The lowest BCUT2D eigenvalue weighted by atomic mass is 9.85. The Morgan fingerprint density at radius 2 is 1.24 bits per heavy atom. The highest BCUT2D eigenvalue weighted by atomic mass is 16.5. The predicted octanol–water partition coefficient (Wildman–Crippen LogP) is 2.57. The van der Waals surface area contributed by atoms with Gasteiger partial charge in [0.25, 0.3) is 0 Å². The van der Waals surface area contributed by atoms with E-state index in [1.807, 2.05) is 12.2 Å². The van der Waals surface area contributed by atoms with Crippen LogP contribution < -0.4 is 0 Å². The first-order valence-corrected chi connectivity index (χ1v) is 14.7. The highest BCUT2D eigenvalue weighted by Gasteiger charge is 2.61. The van der Waals surface area contributed by atoms with Crippen LogP contribution in [0.25, 0.3) is 0 Å². The van der Waals surface area contributed by atoms with Gasteiger partial charge in [-0.2, -0.15) is 0 Å². The number of hydrogen-bond donors (Lipinski definition) is 0. The molecular weight excluding hydrogens is 524 g/mol. The summed E-state index contributed by atoms with van der Waals surface area (Å²) in [5.74, 6) is -3.26. The maximum absolute atomic E-state index is 13.5. The van der Waals surface area contributed by atoms with E-state index in [-0.39, 0.29) is 77.9 Å². The van der Waals surface area contributed by atoms with Gasteiger partial charge in [-0.05, 0) is 55.8 Å². The van der Waals surface area contributed by atoms with Gasteiger partial charge >= 0.3 is 5.97 Å². The van der Waals surface area contributed by atoms with Gasteiger partial charge in [0, 0.05) is 12.1 Å². The molecule has 9 nitrogen and oxygen atoms in total. The Labute approximate surface area is 237 Å². The maximum Gasteiger partial charge on any atom is 0.329 e. The van der Waals surface area contributed by atoms with Crippen LogP contribution in [0, 0.1) is 47.3 Å². The molecule has 2 saturated heterocycles. The molecule has 212 valence electrons. The number of ether oxygens (including phenoxy) is 1. The van der Waals surface area contributed by atoms with Crippen molar-refractivity contribution in [3.05, 3.63) is 60.2 Å². The number of allylic oxidation sites excluding steroid dienone is 4. The molecule has 4 aliphatic carbocycles. The molecule has 2 heterocycles. The Balaban J connectivity index is 1.02. The van der Waals surface area contributed by atoms with Gasteiger partial charge < -0.3 is 4.74 Å². The van der Waals surface area contributed by atoms with Gasteiger partial charge in [-0.25, -0.2) is 4.79 Å². The lowest BCUT2D eigenvalue weighted by Gasteiger charge is -2.26. The molecule has 2 saturated carbocycles. The first kappa shape index (κ1) is 26.0. The first-order valence-electron chi connectivity index (χ1n) is 14.7. The van der Waals surface area contributed by atoms with E-state index in [9.17, 15) is 28.8 Å². The Morgan fingerprint density at radius 3 is 1.78 bits per heavy atom. The minimum absolute atomic E-state index is 0.000736. The molecule has 7 rings (SSSR count). The number of benzene rings is 1. The zero-order valence-electron chi connectivity index (χ0n) is 22.6. The molecule has 9 heteroatoms. The van der Waals surface area contributed by atoms with Crippen molar-refractivity contribution in [2.75, 3.05) is 13.2 Å². The summed E-state index contributed by atoms with van der Waals surface area (Å²) in [6.45, 7) is -0.259. The van der Waals surface area contributed by atoms with Crippen molar-refractivity contribution in [1.82, 2.24) is 9.80 Å². The molecule has 0 unspecified atom stereocenters. The van der Waals surface area contributed by atoms with Crippen LogP contribution in [-0.4, -0.2) is 64.4 Å². The van der Waals surface area contributed by atoms with Gasteiger partial charge in [0.1, 0.15) is 6.04 Å². The Bertz CT molecular complexity index is 1340. The molecule has 2 aliphatic heterocycles. The van der Waals surface area contributed by atoms with Crippen LogP contribution in [0.4, 0.5) is 0 Å². The second-order valence-corrected chi connectivity index (χ2v) is 12.3. The smallest absolute Gasteiger partial charge is 0.329 e. The summed E-state index contributed by atoms with van der Waals surface area (Å²) in [4.78, 5) is 81.4. The Kier molecular flexibility index (Phi) is 6.28. The number of esters is 1. The van der Waals surface area contributed by atoms with E-state index in [4.69, 9.17) is 4.74 Å². The Hall–Kier alpha value is -3.88. The minimum Gasteiger partial charge on any atom is -0.456 e. The van der Waals surface area contributed by atoms with Crippen LogP contribution in [0.1, 0.15) is 42.5 Å². The first-order chi connectivity index (χ1) is 19.8. The number of Topliss-reactive ketones (excluding diaryl/α,β-unsaturated/α-hetero) is 1. The van der Waals surface area contributed by atoms with Crippen molar-refractivity contribution in [3.63, 3.8) is 0 Å². The zero-order valence-corrected chi connectivity index (χ0v) is 22.6. The van der Waals surface area contributed by atoms with Crippen molar-refractivity contribution in [3.8, 4) is 0 Å². The summed E-state index contributed by atoms with van der Waals surface area (Å²) in [6.07, 6.45) is 10.7. The third kappa shape index (κ3) is 4.03. The summed E-state index contributed by atoms with van der Waals surface area (Å²) < 4.78 is 5.39. The molecule has 0 spiro atoms. The van der Waals surface area contributed by atoms with Crippen LogP contribution in [0.3, 0.4) is 0 Å². The molecule has 41 heavy (non-hydrogen) atoms. The molecule has 6 aliphatic rings. The van der Waals surface area contributed by atoms with E-state index < -0.39 is 30.5 Å². The van der Waals surface area contributed by atoms with Crippen molar-refractivity contribution in [1.29, 1.82) is 0 Å². The number of nitrogens with zero attached hydrogens (tertiary/aromatic N) is 2. The quantitative estimate of drug-likeness (QED) is 0.143. The third-order valence-electron chi connectivity index (χ3n) is 10.2. The monoisotopic (exact) mass is 556 g/mol. The van der Waals surface area contributed by atoms with Gasteiger partial charge in [-0.3, -0.25) is 33.8 Å². The molecule has 9 atom stereocenters. The molecule has 1 aromatic carbocycles. The number of carbonyl (C=O) groups is 6. The average molecular weight is 557 g/mol. The standard InChI is InChI=1S/C32H32N2O7/c35-23(17-6-2-1-3-7-17)16-41-32(40)22(34-30(38)26-20-11-12-21(15-20)27(26)31(34)39)8-4-5-13-33-28(36)24-18-9-10-19(14-18)25(24)29(33)37/h1-3,6-7,9-12,18-22,24-27H,4-5,8,13-16H2/t18-,19-,20-,21-,22-,24-,25+,26-,27-/m0/s1. The van der Waals surface area contributed by atoms with E-state index in [2.05, 4.69) is 12.2 Å². The van der Waals surface area contributed by atoms with Crippen LogP contribution in [0.15, 0.2) is 54.6 Å². The molecule has 0 aromatic heterocycles. The highest BCUT2D eigenvalue weighted by molar-refractivity contribution is 6.09. The summed E-state index contributed by atoms with van der Waals surface area (Å²) in [7, 11) is 0. The molecule has 1 aromatic rings. The summed E-state index contributed by atoms with van der Waals surface area (Å²) >= 11 is 0. The summed E-state index contributed by atoms with van der Waals surface area (Å²) in [5.41, 5.74) is 0.399. The van der Waals surface area contributed by atoms with E-state index in [0.717, 1.165) is 17.7 Å². The van der Waals surface area contributed by atoms with Crippen LogP contribution >= 0.6 is 0 Å². The number of fused-ring (bicyclic) bond motifs is 10. The molecular formula is C32H32N2O7. The fraction of sp³-hybridized carbons (Fsp3) is 0.500. The fourth-order valence-corrected chi connectivity index (χ4v) is 8.32. The number of imide groups is 2. The highest BCUT2D eigenvalue weighted by Crippen LogP contribution is 2.54. The lowest BCUT2D eigenvalue weighted by Crippen LogP contribution is -2.47. The number of ketones is 1. The molecule has 0 N–H and O–H groups in total. The van der Waals surface area contributed by atoms with E-state index in [0.29, 0.717) is 18.4 Å². The summed E-state index contributed by atoms with van der Waals surface area (Å²) in [5, 5.41) is 0. The van der Waals surface area contributed by atoms with Crippen molar-refractivity contribution in [2.45, 2.75) is 38.1 Å². The van der Waals surface area contributed by atoms with E-state index in [1.54, 1.807) is 30.3 Å². The Morgan fingerprint density at radius 1 is 0.732 bits per heavy atom. The molecule has 4 fully saturated rings. The maximum atomic E-state index is 13.5. The third-order valence-corrected chi connectivity index (χ3v) is 10.2. The fourth-order valence-electron chi connectivity index (χ4n) is 8.32. The van der Waals surface area contributed by atoms with Gasteiger partial charge in [0.2, 0.25) is 23.6 Å². The number of carbonyl (C=O) groups excluding carboxylic acids is 6. The van der Waals surface area contributed by atoms with Gasteiger partial charge in [-0.15, -0.1) is 0 Å². The SMILES string of the molecule is O=C(COC(=O)[C@H](CCCCN1C(=O)[C@@H]2[C@H](C1=O)[C@H]1C=C[C@H]2C1)N1C(=O)[C@@H]2[C@@H](C1=O)[C@H]1C=C[C@H]2C1)c1ccccc1. The van der Waals surface area contributed by atoms with Gasteiger partial charge in [0.05, 0.1) is 23.7 Å². The predicted molar refractivity (Wildman–Crippen MR) is 143 cm³/mol. The number of unbranched alkanes of at least 4 members (excludes halogenated alkanes) is 1. The number of hydrogen-bond acceptors (Lipinski definition) is 7. The van der Waals surface area contributed by atoms with E-state index >= 15 is 0 Å². The lowest BCUT2D eigenvalue weighted by molar-refractivity contribution is -0.159. The molecule has 4 amide bonds. The second kappa shape index (κ2) is 9.89. The average Bonchev–Trinajstić information content (AvgIpc) is 3.83. The second-order valence-electron chi connectivity index (χ2n) is 12.3. The minimum atomic E-state index is -1.16. The largest absolute Gasteiger partial charge is 0.456 e. The summed E-state index contributed by atoms with van der Waals surface area (Å²) in [6, 6.07) is 7.30. The van der Waals surface area contributed by atoms with Crippen molar-refractivity contribution < 1.29 is 33.5 Å². The van der Waals surface area contributed by atoms with Gasteiger partial charge in [-0.1, -0.05) is 54.6 Å². The number of amides is 4. The number of likely N-dealkylation sites (tertiary alicyclic amines) is 2. The molecule has 4 bridgehead atoms. The molecule has 0 radical (unpaired) electrons. The zero-order chi connectivity index (χ0) is 28.4. The van der Waals surface area contributed by atoms with E-state index in [1.165, 1.54) is 4.90 Å². The van der Waals surface area contributed by atoms with Crippen LogP contribution in [0.5, 0.6) is 0 Å². The van der Waals surface area contributed by atoms with Crippen LogP contribution in [-0.2, 0) is 28.7 Å². The topological polar surface area (TPSA) is 118 Å². The number of rotatable bonds is 10. The normalized spacial score (nSPS) is 34.6. The van der Waals surface area contributed by atoms with Crippen molar-refractivity contribution >= 4 is 35.4 Å². The van der Waals surface area contributed by atoms with Crippen LogP contribution in [0.2, 0.25) is 0 Å². The van der Waals surface area contributed by atoms with Gasteiger partial charge in [0.15, 0.2) is 12.4 Å². The van der Waals surface area contributed by atoms with Crippen molar-refractivity contribution in [2.24, 2.45) is 47.3 Å².